The predicted molar refractivity (Wildman–Crippen MR) is 75.7 cm³/mol. The van der Waals surface area contributed by atoms with Gasteiger partial charge in [-0.3, -0.25) is 4.79 Å². The van der Waals surface area contributed by atoms with E-state index < -0.39 is 11.9 Å². The van der Waals surface area contributed by atoms with Crippen LogP contribution in [0.15, 0.2) is 30.5 Å². The van der Waals surface area contributed by atoms with Gasteiger partial charge in [0.1, 0.15) is 11.5 Å². The number of rotatable bonds is 4. The van der Waals surface area contributed by atoms with Crippen LogP contribution in [0.1, 0.15) is 32.0 Å². The van der Waals surface area contributed by atoms with Crippen molar-refractivity contribution in [3.63, 3.8) is 0 Å². The molecule has 21 heavy (non-hydrogen) atoms. The Balaban J connectivity index is 2.38. The molecule has 3 N–H and O–H groups in total. The van der Waals surface area contributed by atoms with Crippen LogP contribution in [-0.4, -0.2) is 22.0 Å². The minimum atomic E-state index is -1.13. The van der Waals surface area contributed by atoms with E-state index in [1.54, 1.807) is 32.0 Å². The smallest absolute Gasteiger partial charge is 0.354 e. The maximum atomic E-state index is 11.2. The molecule has 108 valence electrons. The van der Waals surface area contributed by atoms with Gasteiger partial charge < -0.3 is 15.6 Å². The Morgan fingerprint density at radius 2 is 1.81 bits per heavy atom. The van der Waals surface area contributed by atoms with E-state index in [-0.39, 0.29) is 5.69 Å². The van der Waals surface area contributed by atoms with Crippen LogP contribution in [0.4, 0.5) is 0 Å². The standard InChI is InChI=1S/C15H14N2O4/c1-8-5-10(14(16)18)6-9(2)13(8)21-11-3-4-17-12(7-11)15(19)20/h3-7H,1-2H3,(H2,16,18)(H,19,20). The van der Waals surface area contributed by atoms with E-state index in [2.05, 4.69) is 4.98 Å². The molecule has 1 heterocycles. The molecule has 0 bridgehead atoms. The number of hydrogen-bond donors (Lipinski definition) is 2. The Labute approximate surface area is 121 Å². The Bertz CT molecular complexity index is 702. The van der Waals surface area contributed by atoms with Crippen LogP contribution < -0.4 is 10.5 Å². The normalized spacial score (nSPS) is 10.2. The third kappa shape index (κ3) is 3.17. The zero-order valence-electron chi connectivity index (χ0n) is 11.6. The van der Waals surface area contributed by atoms with E-state index >= 15 is 0 Å². The number of nitrogens with two attached hydrogens (primary N) is 1. The fourth-order valence-electron chi connectivity index (χ4n) is 1.96. The van der Waals surface area contributed by atoms with E-state index in [4.69, 9.17) is 15.6 Å². The first-order valence-electron chi connectivity index (χ1n) is 6.16. The summed E-state index contributed by atoms with van der Waals surface area (Å²) in [5.41, 5.74) is 7.02. The van der Waals surface area contributed by atoms with Crippen LogP contribution in [0.25, 0.3) is 0 Å². The summed E-state index contributed by atoms with van der Waals surface area (Å²) in [6, 6.07) is 6.16. The van der Waals surface area contributed by atoms with Gasteiger partial charge in [-0.05, 0) is 43.2 Å². The highest BCUT2D eigenvalue weighted by molar-refractivity contribution is 5.93. The molecule has 0 aliphatic rings. The van der Waals surface area contributed by atoms with Crippen molar-refractivity contribution in [3.05, 3.63) is 52.8 Å². The molecule has 0 radical (unpaired) electrons. The molecule has 2 rings (SSSR count). The monoisotopic (exact) mass is 286 g/mol. The quantitative estimate of drug-likeness (QED) is 0.897. The Kier molecular flexibility index (Phi) is 3.89. The van der Waals surface area contributed by atoms with Gasteiger partial charge >= 0.3 is 5.97 Å². The third-order valence-corrected chi connectivity index (χ3v) is 2.92. The second-order valence-electron chi connectivity index (χ2n) is 4.59. The number of carbonyl (C=O) groups is 2. The summed E-state index contributed by atoms with van der Waals surface area (Å²) in [4.78, 5) is 25.8. The molecule has 1 amide bonds. The third-order valence-electron chi connectivity index (χ3n) is 2.92. The summed E-state index contributed by atoms with van der Waals surface area (Å²) in [6.45, 7) is 3.57. The molecule has 1 aromatic carbocycles. The molecule has 6 heteroatoms. The highest BCUT2D eigenvalue weighted by Crippen LogP contribution is 2.29. The van der Waals surface area contributed by atoms with Gasteiger partial charge in [0.15, 0.2) is 5.69 Å². The fraction of sp³-hybridized carbons (Fsp3) is 0.133. The van der Waals surface area contributed by atoms with Crippen LogP contribution >= 0.6 is 0 Å². The summed E-state index contributed by atoms with van der Waals surface area (Å²) in [6.07, 6.45) is 1.36. The van der Waals surface area contributed by atoms with Crippen molar-refractivity contribution >= 4 is 11.9 Å². The molecule has 1 aromatic heterocycles. The highest BCUT2D eigenvalue weighted by atomic mass is 16.5. The molecule has 0 atom stereocenters. The number of amides is 1. The number of aromatic carboxylic acids is 1. The highest BCUT2D eigenvalue weighted by Gasteiger charge is 2.12. The van der Waals surface area contributed by atoms with Crippen LogP contribution in [0.5, 0.6) is 11.5 Å². The molecule has 6 nitrogen and oxygen atoms in total. The number of primary amides is 1. The lowest BCUT2D eigenvalue weighted by Gasteiger charge is -2.13. The number of ether oxygens (including phenoxy) is 1. The van der Waals surface area contributed by atoms with Gasteiger partial charge in [0.05, 0.1) is 0 Å². The Morgan fingerprint density at radius 1 is 1.19 bits per heavy atom. The molecule has 0 unspecified atom stereocenters. The van der Waals surface area contributed by atoms with Crippen molar-refractivity contribution in [1.82, 2.24) is 4.98 Å². The van der Waals surface area contributed by atoms with Crippen LogP contribution in [0.3, 0.4) is 0 Å². The topological polar surface area (TPSA) is 103 Å². The van der Waals surface area contributed by atoms with Gasteiger partial charge in [0.25, 0.3) is 0 Å². The summed E-state index contributed by atoms with van der Waals surface area (Å²) in [7, 11) is 0. The molecule has 0 aliphatic carbocycles. The number of aryl methyl sites for hydroxylation is 2. The minimum Gasteiger partial charge on any atom is -0.477 e. The first-order valence-corrected chi connectivity index (χ1v) is 6.16. The lowest BCUT2D eigenvalue weighted by molar-refractivity contribution is 0.0690. The van der Waals surface area contributed by atoms with Crippen molar-refractivity contribution < 1.29 is 19.4 Å². The minimum absolute atomic E-state index is 0.100. The largest absolute Gasteiger partial charge is 0.477 e. The molecular weight excluding hydrogens is 272 g/mol. The number of carbonyl (C=O) groups excluding carboxylic acids is 1. The predicted octanol–water partition coefficient (Wildman–Crippen LogP) is 2.29. The van der Waals surface area contributed by atoms with Gasteiger partial charge in [0.2, 0.25) is 5.91 Å². The molecule has 0 saturated heterocycles. The molecule has 0 saturated carbocycles. The number of carboxylic acids is 1. The van der Waals surface area contributed by atoms with Crippen molar-refractivity contribution in [2.75, 3.05) is 0 Å². The van der Waals surface area contributed by atoms with Crippen molar-refractivity contribution in [2.24, 2.45) is 5.73 Å². The van der Waals surface area contributed by atoms with E-state index in [0.717, 1.165) is 11.1 Å². The summed E-state index contributed by atoms with van der Waals surface area (Å²) < 4.78 is 5.71. The number of pyridine rings is 1. The SMILES string of the molecule is Cc1cc(C(N)=O)cc(C)c1Oc1ccnc(C(=O)O)c1. The lowest BCUT2D eigenvalue weighted by Crippen LogP contribution is -2.11. The maximum Gasteiger partial charge on any atom is 0.354 e. The first kappa shape index (κ1) is 14.5. The molecule has 0 spiro atoms. The van der Waals surface area contributed by atoms with Gasteiger partial charge in [-0.2, -0.15) is 0 Å². The van der Waals surface area contributed by atoms with E-state index in [1.165, 1.54) is 12.3 Å². The van der Waals surface area contributed by atoms with Crippen molar-refractivity contribution in [3.8, 4) is 11.5 Å². The molecule has 0 fully saturated rings. The summed E-state index contributed by atoms with van der Waals surface area (Å²) >= 11 is 0. The van der Waals surface area contributed by atoms with Gasteiger partial charge in [-0.1, -0.05) is 0 Å². The Morgan fingerprint density at radius 3 is 2.33 bits per heavy atom. The maximum absolute atomic E-state index is 11.2. The van der Waals surface area contributed by atoms with Crippen LogP contribution in [0.2, 0.25) is 0 Å². The van der Waals surface area contributed by atoms with E-state index in [1.807, 2.05) is 0 Å². The van der Waals surface area contributed by atoms with Gasteiger partial charge in [-0.15, -0.1) is 0 Å². The van der Waals surface area contributed by atoms with E-state index in [9.17, 15) is 9.59 Å². The van der Waals surface area contributed by atoms with Gasteiger partial charge in [-0.25, -0.2) is 9.78 Å². The van der Waals surface area contributed by atoms with Gasteiger partial charge in [0, 0.05) is 17.8 Å². The van der Waals surface area contributed by atoms with Crippen LogP contribution in [-0.2, 0) is 0 Å². The number of hydrogen-bond acceptors (Lipinski definition) is 4. The second kappa shape index (κ2) is 5.62. The summed E-state index contributed by atoms with van der Waals surface area (Å²) in [5.74, 6) is -0.717. The molecule has 2 aromatic rings. The summed E-state index contributed by atoms with van der Waals surface area (Å²) in [5, 5.41) is 8.91. The lowest BCUT2D eigenvalue weighted by atomic mass is 10.1. The van der Waals surface area contributed by atoms with Crippen molar-refractivity contribution in [1.29, 1.82) is 0 Å². The molecular formula is C15H14N2O4. The zero-order chi connectivity index (χ0) is 15.6. The number of carboxylic acid groups (broad SMARTS) is 1. The fourth-order valence-corrected chi connectivity index (χ4v) is 1.96. The number of nitrogens with zero attached hydrogens (tertiary/aromatic N) is 1. The number of benzene rings is 1. The van der Waals surface area contributed by atoms with Crippen molar-refractivity contribution in [2.45, 2.75) is 13.8 Å². The Hall–Kier alpha value is -2.89. The average molecular weight is 286 g/mol. The van der Waals surface area contributed by atoms with Crippen LogP contribution in [0, 0.1) is 13.8 Å². The zero-order valence-corrected chi connectivity index (χ0v) is 11.6. The molecule has 0 aliphatic heterocycles. The second-order valence-corrected chi connectivity index (χ2v) is 4.59. The first-order chi connectivity index (χ1) is 9.88. The average Bonchev–Trinajstić information content (AvgIpc) is 2.42. The number of aromatic nitrogens is 1. The van der Waals surface area contributed by atoms with E-state index in [0.29, 0.717) is 17.1 Å².